The number of ether oxygens (including phenoxy) is 1. The van der Waals surface area contributed by atoms with Crippen molar-refractivity contribution in [1.82, 2.24) is 10.6 Å². The number of carbonyl (C=O) groups is 1. The fourth-order valence-electron chi connectivity index (χ4n) is 2.76. The zero-order valence-corrected chi connectivity index (χ0v) is 13.9. The summed E-state index contributed by atoms with van der Waals surface area (Å²) in [6, 6.07) is 4.66. The van der Waals surface area contributed by atoms with Crippen molar-refractivity contribution in [3.05, 3.63) is 34.4 Å². The SMILES string of the molecule is COCCNC(=O)CCNC(C)c1c(C)cc(C)cc1C. The van der Waals surface area contributed by atoms with E-state index in [0.29, 0.717) is 26.1 Å². The molecule has 1 unspecified atom stereocenters. The topological polar surface area (TPSA) is 50.4 Å². The van der Waals surface area contributed by atoms with Crippen molar-refractivity contribution in [1.29, 1.82) is 0 Å². The molecule has 1 amide bonds. The first kappa shape index (κ1) is 17.7. The van der Waals surface area contributed by atoms with E-state index in [4.69, 9.17) is 4.74 Å². The summed E-state index contributed by atoms with van der Waals surface area (Å²) in [4.78, 5) is 11.6. The third-order valence-electron chi connectivity index (χ3n) is 3.60. The van der Waals surface area contributed by atoms with Crippen LogP contribution in [0, 0.1) is 20.8 Å². The summed E-state index contributed by atoms with van der Waals surface area (Å²) in [5.74, 6) is 0.0594. The molecule has 0 aliphatic heterocycles. The molecule has 0 heterocycles. The summed E-state index contributed by atoms with van der Waals surface area (Å²) in [6.07, 6.45) is 0.484. The van der Waals surface area contributed by atoms with Crippen LogP contribution in [0.25, 0.3) is 0 Å². The zero-order valence-electron chi connectivity index (χ0n) is 13.9. The third-order valence-corrected chi connectivity index (χ3v) is 3.60. The Morgan fingerprint density at radius 1 is 1.19 bits per heavy atom. The van der Waals surface area contributed by atoms with Crippen molar-refractivity contribution in [2.75, 3.05) is 26.8 Å². The van der Waals surface area contributed by atoms with E-state index >= 15 is 0 Å². The molecule has 2 N–H and O–H groups in total. The van der Waals surface area contributed by atoms with Gasteiger partial charge in [0.25, 0.3) is 0 Å². The molecular formula is C17H28N2O2. The molecule has 0 fully saturated rings. The molecule has 0 bridgehead atoms. The van der Waals surface area contributed by atoms with Crippen molar-refractivity contribution < 1.29 is 9.53 Å². The molecule has 1 rings (SSSR count). The first-order valence-corrected chi connectivity index (χ1v) is 7.52. The van der Waals surface area contributed by atoms with Crippen LogP contribution in [-0.2, 0) is 9.53 Å². The number of carbonyl (C=O) groups excluding carboxylic acids is 1. The highest BCUT2D eigenvalue weighted by molar-refractivity contribution is 5.76. The molecular weight excluding hydrogens is 264 g/mol. The van der Waals surface area contributed by atoms with E-state index < -0.39 is 0 Å². The maximum absolute atomic E-state index is 11.6. The predicted molar refractivity (Wildman–Crippen MR) is 86.6 cm³/mol. The van der Waals surface area contributed by atoms with Crippen LogP contribution < -0.4 is 10.6 Å². The van der Waals surface area contributed by atoms with Gasteiger partial charge < -0.3 is 15.4 Å². The normalized spacial score (nSPS) is 12.2. The van der Waals surface area contributed by atoms with Gasteiger partial charge in [-0.2, -0.15) is 0 Å². The molecule has 0 saturated heterocycles. The third kappa shape index (κ3) is 5.86. The van der Waals surface area contributed by atoms with E-state index in [1.165, 1.54) is 22.3 Å². The lowest BCUT2D eigenvalue weighted by Crippen LogP contribution is -2.31. The van der Waals surface area contributed by atoms with Crippen LogP contribution in [0.3, 0.4) is 0 Å². The minimum absolute atomic E-state index is 0.0594. The van der Waals surface area contributed by atoms with Gasteiger partial charge in [0.2, 0.25) is 5.91 Å². The van der Waals surface area contributed by atoms with E-state index in [-0.39, 0.29) is 11.9 Å². The number of benzene rings is 1. The van der Waals surface area contributed by atoms with Gasteiger partial charge in [0.05, 0.1) is 6.61 Å². The highest BCUT2D eigenvalue weighted by atomic mass is 16.5. The Morgan fingerprint density at radius 2 is 1.81 bits per heavy atom. The van der Waals surface area contributed by atoms with E-state index in [1.54, 1.807) is 7.11 Å². The van der Waals surface area contributed by atoms with Crippen molar-refractivity contribution in [2.45, 2.75) is 40.2 Å². The number of methoxy groups -OCH3 is 1. The van der Waals surface area contributed by atoms with Gasteiger partial charge in [0, 0.05) is 32.7 Å². The average molecular weight is 292 g/mol. The Hall–Kier alpha value is -1.39. The fourth-order valence-corrected chi connectivity index (χ4v) is 2.76. The van der Waals surface area contributed by atoms with Crippen LogP contribution in [0.4, 0.5) is 0 Å². The molecule has 4 nitrogen and oxygen atoms in total. The number of hydrogen-bond donors (Lipinski definition) is 2. The largest absolute Gasteiger partial charge is 0.383 e. The number of aryl methyl sites for hydroxylation is 3. The second-order valence-electron chi connectivity index (χ2n) is 5.58. The summed E-state index contributed by atoms with van der Waals surface area (Å²) in [5, 5.41) is 6.25. The Balaban J connectivity index is 2.44. The molecule has 1 aromatic carbocycles. The van der Waals surface area contributed by atoms with Crippen LogP contribution in [0.1, 0.15) is 41.6 Å². The summed E-state index contributed by atoms with van der Waals surface area (Å²) < 4.78 is 4.90. The second kappa shape index (κ2) is 8.80. The standard InChI is InChI=1S/C17H28N2O2/c1-12-10-13(2)17(14(3)11-12)15(4)18-7-6-16(20)19-8-9-21-5/h10-11,15,18H,6-9H2,1-5H3,(H,19,20). The quantitative estimate of drug-likeness (QED) is 0.724. The molecule has 1 atom stereocenters. The number of hydrogen-bond acceptors (Lipinski definition) is 3. The number of amides is 1. The van der Waals surface area contributed by atoms with Crippen LogP contribution in [0.15, 0.2) is 12.1 Å². The van der Waals surface area contributed by atoms with Gasteiger partial charge in [0.1, 0.15) is 0 Å². The van der Waals surface area contributed by atoms with E-state index in [1.807, 2.05) is 0 Å². The molecule has 118 valence electrons. The van der Waals surface area contributed by atoms with Crippen molar-refractivity contribution in [3.8, 4) is 0 Å². The minimum Gasteiger partial charge on any atom is -0.383 e. The summed E-state index contributed by atoms with van der Waals surface area (Å²) in [6.45, 7) is 10.3. The van der Waals surface area contributed by atoms with Crippen LogP contribution in [-0.4, -0.2) is 32.7 Å². The lowest BCUT2D eigenvalue weighted by atomic mass is 9.95. The summed E-state index contributed by atoms with van der Waals surface area (Å²) in [7, 11) is 1.63. The Bertz CT molecular complexity index is 449. The summed E-state index contributed by atoms with van der Waals surface area (Å²) in [5.41, 5.74) is 5.23. The first-order valence-electron chi connectivity index (χ1n) is 7.52. The Kier molecular flexibility index (Phi) is 7.40. The fraction of sp³-hybridized carbons (Fsp3) is 0.588. The smallest absolute Gasteiger partial charge is 0.221 e. The van der Waals surface area contributed by atoms with Gasteiger partial charge in [-0.3, -0.25) is 4.79 Å². The summed E-state index contributed by atoms with van der Waals surface area (Å²) >= 11 is 0. The molecule has 4 heteroatoms. The number of nitrogens with one attached hydrogen (secondary N) is 2. The molecule has 0 saturated carbocycles. The maximum Gasteiger partial charge on any atom is 0.221 e. The maximum atomic E-state index is 11.6. The van der Waals surface area contributed by atoms with E-state index in [9.17, 15) is 4.79 Å². The van der Waals surface area contributed by atoms with Gasteiger partial charge in [-0.05, 0) is 44.4 Å². The van der Waals surface area contributed by atoms with E-state index in [2.05, 4.69) is 50.5 Å². The lowest BCUT2D eigenvalue weighted by Gasteiger charge is -2.20. The van der Waals surface area contributed by atoms with Crippen LogP contribution in [0.5, 0.6) is 0 Å². The molecule has 1 aromatic rings. The highest BCUT2D eigenvalue weighted by Crippen LogP contribution is 2.23. The van der Waals surface area contributed by atoms with Gasteiger partial charge in [0.15, 0.2) is 0 Å². The predicted octanol–water partition coefficient (Wildman–Crippen LogP) is 2.42. The molecule has 0 radical (unpaired) electrons. The van der Waals surface area contributed by atoms with Gasteiger partial charge in [-0.1, -0.05) is 17.7 Å². The molecule has 0 aliphatic carbocycles. The van der Waals surface area contributed by atoms with Crippen molar-refractivity contribution in [3.63, 3.8) is 0 Å². The lowest BCUT2D eigenvalue weighted by molar-refractivity contribution is -0.121. The molecule has 21 heavy (non-hydrogen) atoms. The van der Waals surface area contributed by atoms with Crippen LogP contribution >= 0.6 is 0 Å². The van der Waals surface area contributed by atoms with Crippen molar-refractivity contribution in [2.24, 2.45) is 0 Å². The van der Waals surface area contributed by atoms with Crippen molar-refractivity contribution >= 4 is 5.91 Å². The monoisotopic (exact) mass is 292 g/mol. The first-order chi connectivity index (χ1) is 9.95. The molecule has 0 spiro atoms. The zero-order chi connectivity index (χ0) is 15.8. The average Bonchev–Trinajstić information content (AvgIpc) is 2.37. The van der Waals surface area contributed by atoms with E-state index in [0.717, 1.165) is 0 Å². The Labute approximate surface area is 128 Å². The number of rotatable bonds is 8. The van der Waals surface area contributed by atoms with Gasteiger partial charge in [-0.25, -0.2) is 0 Å². The van der Waals surface area contributed by atoms with Crippen LogP contribution in [0.2, 0.25) is 0 Å². The van der Waals surface area contributed by atoms with Gasteiger partial charge >= 0.3 is 0 Å². The molecule has 0 aliphatic rings. The van der Waals surface area contributed by atoms with Gasteiger partial charge in [-0.15, -0.1) is 0 Å². The minimum atomic E-state index is 0.0594. The molecule has 0 aromatic heterocycles. The Morgan fingerprint density at radius 3 is 2.38 bits per heavy atom. The highest BCUT2D eigenvalue weighted by Gasteiger charge is 2.12. The second-order valence-corrected chi connectivity index (χ2v) is 5.58.